The van der Waals surface area contributed by atoms with Crippen LogP contribution in [-0.4, -0.2) is 38.8 Å². The summed E-state index contributed by atoms with van der Waals surface area (Å²) in [5.74, 6) is -0.602. The molecule has 0 unspecified atom stereocenters. The summed E-state index contributed by atoms with van der Waals surface area (Å²) in [6, 6.07) is 8.57. The molecule has 29 heavy (non-hydrogen) atoms. The molecule has 152 valence electrons. The van der Waals surface area contributed by atoms with Crippen LogP contribution in [0, 0.1) is 5.82 Å². The van der Waals surface area contributed by atoms with Crippen molar-refractivity contribution in [1.82, 2.24) is 25.2 Å². The van der Waals surface area contributed by atoms with Gasteiger partial charge in [0.25, 0.3) is 5.91 Å². The van der Waals surface area contributed by atoms with Crippen LogP contribution < -0.4 is 5.32 Å². The SMILES string of the molecule is CN(Cc1ccon1)[C@H]1CCc2c(c(C(=O)NCc3ccccc3F)nn2C)C1. The monoisotopic (exact) mass is 397 g/mol. The van der Waals surface area contributed by atoms with Crippen molar-refractivity contribution in [2.75, 3.05) is 7.05 Å². The second-order valence-electron chi connectivity index (χ2n) is 7.47. The summed E-state index contributed by atoms with van der Waals surface area (Å²) < 4.78 is 20.5. The van der Waals surface area contributed by atoms with E-state index in [1.54, 1.807) is 29.1 Å². The third-order valence-electron chi connectivity index (χ3n) is 5.57. The van der Waals surface area contributed by atoms with Crippen molar-refractivity contribution in [2.45, 2.75) is 38.4 Å². The fraction of sp³-hybridized carbons (Fsp3) is 0.381. The van der Waals surface area contributed by atoms with E-state index in [-0.39, 0.29) is 24.3 Å². The summed E-state index contributed by atoms with van der Waals surface area (Å²) in [5, 5.41) is 11.2. The maximum Gasteiger partial charge on any atom is 0.272 e. The van der Waals surface area contributed by atoms with Crippen molar-refractivity contribution in [3.63, 3.8) is 0 Å². The fourth-order valence-electron chi connectivity index (χ4n) is 3.93. The highest BCUT2D eigenvalue weighted by molar-refractivity contribution is 5.94. The number of amides is 1. The van der Waals surface area contributed by atoms with Crippen LogP contribution in [0.2, 0.25) is 0 Å². The van der Waals surface area contributed by atoms with Gasteiger partial charge in [-0.2, -0.15) is 5.10 Å². The van der Waals surface area contributed by atoms with Crippen LogP contribution in [0.5, 0.6) is 0 Å². The van der Waals surface area contributed by atoms with Crippen LogP contribution in [-0.2, 0) is 33.0 Å². The zero-order valence-corrected chi connectivity index (χ0v) is 16.6. The average molecular weight is 397 g/mol. The Morgan fingerprint density at radius 3 is 2.97 bits per heavy atom. The highest BCUT2D eigenvalue weighted by Gasteiger charge is 2.30. The predicted molar refractivity (Wildman–Crippen MR) is 105 cm³/mol. The highest BCUT2D eigenvalue weighted by atomic mass is 19.1. The molecule has 0 aliphatic heterocycles. The van der Waals surface area contributed by atoms with Crippen molar-refractivity contribution < 1.29 is 13.7 Å². The second-order valence-corrected chi connectivity index (χ2v) is 7.47. The number of carbonyl (C=O) groups is 1. The third kappa shape index (κ3) is 4.07. The molecule has 0 bridgehead atoms. The summed E-state index contributed by atoms with van der Waals surface area (Å²) in [4.78, 5) is 15.0. The van der Waals surface area contributed by atoms with Gasteiger partial charge in [-0.15, -0.1) is 0 Å². The number of carbonyl (C=O) groups excluding carboxylic acids is 1. The summed E-state index contributed by atoms with van der Waals surface area (Å²) in [7, 11) is 3.92. The maximum atomic E-state index is 13.8. The summed E-state index contributed by atoms with van der Waals surface area (Å²) in [5.41, 5.74) is 3.83. The van der Waals surface area contributed by atoms with Gasteiger partial charge < -0.3 is 9.84 Å². The molecule has 1 N–H and O–H groups in total. The minimum Gasteiger partial charge on any atom is -0.364 e. The Hall–Kier alpha value is -3.00. The van der Waals surface area contributed by atoms with Gasteiger partial charge in [0.2, 0.25) is 0 Å². The van der Waals surface area contributed by atoms with Gasteiger partial charge in [-0.1, -0.05) is 23.4 Å². The Morgan fingerprint density at radius 1 is 1.38 bits per heavy atom. The molecule has 0 fully saturated rings. The second kappa shape index (κ2) is 8.16. The first kappa shape index (κ1) is 19.3. The Morgan fingerprint density at radius 2 is 2.21 bits per heavy atom. The first-order valence-electron chi connectivity index (χ1n) is 9.68. The van der Waals surface area contributed by atoms with E-state index >= 15 is 0 Å². The Bertz CT molecular complexity index is 999. The normalized spacial score (nSPS) is 16.1. The minimum atomic E-state index is -0.328. The fourth-order valence-corrected chi connectivity index (χ4v) is 3.93. The van der Waals surface area contributed by atoms with Crippen LogP contribution >= 0.6 is 0 Å². The van der Waals surface area contributed by atoms with Crippen molar-refractivity contribution in [3.8, 4) is 0 Å². The number of rotatable bonds is 6. The molecular formula is C21H24FN5O2. The lowest BCUT2D eigenvalue weighted by atomic mass is 9.90. The molecule has 2 heterocycles. The summed E-state index contributed by atoms with van der Waals surface area (Å²) in [6.45, 7) is 0.817. The molecule has 0 saturated heterocycles. The number of likely N-dealkylation sites (N-methyl/N-ethyl adjacent to an activating group) is 1. The Balaban J connectivity index is 1.47. The van der Waals surface area contributed by atoms with E-state index in [1.807, 2.05) is 13.1 Å². The van der Waals surface area contributed by atoms with E-state index in [2.05, 4.69) is 27.5 Å². The lowest BCUT2D eigenvalue weighted by Crippen LogP contribution is -2.37. The van der Waals surface area contributed by atoms with Gasteiger partial charge in [0.05, 0.1) is 5.69 Å². The molecular weight excluding hydrogens is 373 g/mol. The molecule has 1 aliphatic carbocycles. The quantitative estimate of drug-likeness (QED) is 0.692. The van der Waals surface area contributed by atoms with Gasteiger partial charge in [-0.3, -0.25) is 14.4 Å². The molecule has 8 heteroatoms. The highest BCUT2D eigenvalue weighted by Crippen LogP contribution is 2.27. The lowest BCUT2D eigenvalue weighted by molar-refractivity contribution is 0.0943. The van der Waals surface area contributed by atoms with E-state index in [0.717, 1.165) is 36.2 Å². The van der Waals surface area contributed by atoms with Crippen LogP contribution in [0.15, 0.2) is 41.1 Å². The Kier molecular flexibility index (Phi) is 5.44. The number of aryl methyl sites for hydroxylation is 1. The number of nitrogens with zero attached hydrogens (tertiary/aromatic N) is 4. The van der Waals surface area contributed by atoms with E-state index in [1.165, 1.54) is 6.07 Å². The van der Waals surface area contributed by atoms with Gasteiger partial charge in [0, 0.05) is 49.1 Å². The molecule has 0 spiro atoms. The molecule has 0 radical (unpaired) electrons. The first-order valence-corrected chi connectivity index (χ1v) is 9.68. The van der Waals surface area contributed by atoms with Crippen molar-refractivity contribution in [3.05, 3.63) is 70.6 Å². The molecule has 1 aliphatic rings. The molecule has 2 aromatic heterocycles. The van der Waals surface area contributed by atoms with Gasteiger partial charge in [-0.25, -0.2) is 4.39 Å². The molecule has 3 aromatic rings. The Labute approximate surface area is 168 Å². The van der Waals surface area contributed by atoms with E-state index in [4.69, 9.17) is 4.52 Å². The molecule has 4 rings (SSSR count). The van der Waals surface area contributed by atoms with Crippen LogP contribution in [0.1, 0.15) is 39.4 Å². The average Bonchev–Trinajstić information content (AvgIpc) is 3.35. The number of aromatic nitrogens is 3. The smallest absolute Gasteiger partial charge is 0.272 e. The number of hydrogen-bond acceptors (Lipinski definition) is 5. The van der Waals surface area contributed by atoms with E-state index < -0.39 is 0 Å². The largest absolute Gasteiger partial charge is 0.364 e. The van der Waals surface area contributed by atoms with Crippen molar-refractivity contribution >= 4 is 5.91 Å². The summed E-state index contributed by atoms with van der Waals surface area (Å²) >= 11 is 0. The van der Waals surface area contributed by atoms with Gasteiger partial charge >= 0.3 is 0 Å². The predicted octanol–water partition coefficient (Wildman–Crippen LogP) is 2.47. The zero-order valence-electron chi connectivity index (χ0n) is 16.6. The number of fused-ring (bicyclic) bond motifs is 1. The van der Waals surface area contributed by atoms with E-state index in [0.29, 0.717) is 17.8 Å². The van der Waals surface area contributed by atoms with Crippen molar-refractivity contribution in [2.24, 2.45) is 7.05 Å². The lowest BCUT2D eigenvalue weighted by Gasteiger charge is -2.31. The first-order chi connectivity index (χ1) is 14.0. The van der Waals surface area contributed by atoms with Crippen molar-refractivity contribution in [1.29, 1.82) is 0 Å². The summed E-state index contributed by atoms with van der Waals surface area (Å²) in [6.07, 6.45) is 4.14. The van der Waals surface area contributed by atoms with Crippen LogP contribution in [0.25, 0.3) is 0 Å². The standard InChI is InChI=1S/C21H24FN5O2/c1-26(13-15-9-10-29-25-15)16-7-8-19-17(11-16)20(24-27(19)2)21(28)23-12-14-5-3-4-6-18(14)22/h3-6,9-10,16H,7-8,11-13H2,1-2H3,(H,23,28)/t16-/m0/s1. The van der Waals surface area contributed by atoms with Gasteiger partial charge in [0.1, 0.15) is 12.1 Å². The molecule has 1 aromatic carbocycles. The number of benzene rings is 1. The van der Waals surface area contributed by atoms with E-state index in [9.17, 15) is 9.18 Å². The molecule has 0 saturated carbocycles. The number of hydrogen-bond donors (Lipinski definition) is 1. The maximum absolute atomic E-state index is 13.8. The van der Waals surface area contributed by atoms with Crippen LogP contribution in [0.3, 0.4) is 0 Å². The van der Waals surface area contributed by atoms with Crippen LogP contribution in [0.4, 0.5) is 4.39 Å². The number of nitrogens with one attached hydrogen (secondary N) is 1. The van der Waals surface area contributed by atoms with Gasteiger partial charge in [0.15, 0.2) is 5.69 Å². The molecule has 1 atom stereocenters. The van der Waals surface area contributed by atoms with Gasteiger partial charge in [-0.05, 0) is 32.4 Å². The molecule has 7 nitrogen and oxygen atoms in total. The zero-order chi connectivity index (χ0) is 20.4. The minimum absolute atomic E-state index is 0.131. The third-order valence-corrected chi connectivity index (χ3v) is 5.57. The topological polar surface area (TPSA) is 76.2 Å². The number of halogens is 1. The molecule has 1 amide bonds.